The zero-order chi connectivity index (χ0) is 16.5. The normalized spacial score (nSPS) is 17.2. The summed E-state index contributed by atoms with van der Waals surface area (Å²) in [6.45, 7) is 1.52. The lowest BCUT2D eigenvalue weighted by Crippen LogP contribution is -2.50. The van der Waals surface area contributed by atoms with Gasteiger partial charge in [0.25, 0.3) is 5.91 Å². The van der Waals surface area contributed by atoms with E-state index in [1.165, 1.54) is 24.5 Å². The van der Waals surface area contributed by atoms with Crippen LogP contribution in [-0.4, -0.2) is 35.1 Å². The highest BCUT2D eigenvalue weighted by Crippen LogP contribution is 2.37. The lowest BCUT2D eigenvalue weighted by Gasteiger charge is -2.27. The van der Waals surface area contributed by atoms with Crippen molar-refractivity contribution in [3.63, 3.8) is 0 Å². The predicted molar refractivity (Wildman–Crippen MR) is 85.6 cm³/mol. The Balaban J connectivity index is 1.42. The van der Waals surface area contributed by atoms with Gasteiger partial charge in [-0.25, -0.2) is 14.4 Å². The third kappa shape index (κ3) is 3.21. The van der Waals surface area contributed by atoms with E-state index in [1.54, 1.807) is 6.07 Å². The van der Waals surface area contributed by atoms with Crippen LogP contribution in [0.5, 0.6) is 5.75 Å². The SMILES string of the molecule is O=C(Nc1ccc(OC2CNC2)cc1F)c1cnc(C2CC2)nc1. The quantitative estimate of drug-likeness (QED) is 0.879. The average molecular weight is 328 g/mol. The summed E-state index contributed by atoms with van der Waals surface area (Å²) in [5, 5.41) is 5.62. The third-order valence-corrected chi connectivity index (χ3v) is 4.11. The van der Waals surface area contributed by atoms with Crippen LogP contribution in [0.2, 0.25) is 0 Å². The highest BCUT2D eigenvalue weighted by atomic mass is 19.1. The smallest absolute Gasteiger partial charge is 0.258 e. The number of rotatable bonds is 5. The van der Waals surface area contributed by atoms with Gasteiger partial charge in [-0.2, -0.15) is 0 Å². The van der Waals surface area contributed by atoms with E-state index in [1.807, 2.05) is 0 Å². The molecule has 0 unspecified atom stereocenters. The number of benzene rings is 1. The summed E-state index contributed by atoms with van der Waals surface area (Å²) >= 11 is 0. The van der Waals surface area contributed by atoms with Crippen molar-refractivity contribution in [1.29, 1.82) is 0 Å². The summed E-state index contributed by atoms with van der Waals surface area (Å²) in [5.74, 6) is 0.675. The van der Waals surface area contributed by atoms with E-state index in [2.05, 4.69) is 20.6 Å². The van der Waals surface area contributed by atoms with Crippen molar-refractivity contribution in [3.05, 3.63) is 47.8 Å². The van der Waals surface area contributed by atoms with Crippen LogP contribution in [-0.2, 0) is 0 Å². The van der Waals surface area contributed by atoms with Gasteiger partial charge in [-0.3, -0.25) is 4.79 Å². The molecule has 0 spiro atoms. The van der Waals surface area contributed by atoms with Gasteiger partial charge in [-0.1, -0.05) is 0 Å². The number of aromatic nitrogens is 2. The molecule has 7 heteroatoms. The Morgan fingerprint density at radius 2 is 2.00 bits per heavy atom. The maximum Gasteiger partial charge on any atom is 0.258 e. The number of hydrogen-bond acceptors (Lipinski definition) is 5. The first kappa shape index (κ1) is 15.0. The number of hydrogen-bond donors (Lipinski definition) is 2. The van der Waals surface area contributed by atoms with Crippen molar-refractivity contribution < 1.29 is 13.9 Å². The van der Waals surface area contributed by atoms with E-state index in [4.69, 9.17) is 4.74 Å². The molecule has 1 aromatic carbocycles. The first-order valence-corrected chi connectivity index (χ1v) is 7.99. The van der Waals surface area contributed by atoms with Crippen molar-refractivity contribution in [2.24, 2.45) is 0 Å². The van der Waals surface area contributed by atoms with Crippen LogP contribution < -0.4 is 15.4 Å². The minimum absolute atomic E-state index is 0.0759. The van der Waals surface area contributed by atoms with Crippen LogP contribution in [0.25, 0.3) is 0 Å². The van der Waals surface area contributed by atoms with Gasteiger partial charge in [0.2, 0.25) is 0 Å². The zero-order valence-electron chi connectivity index (χ0n) is 13.0. The Kier molecular flexibility index (Phi) is 3.86. The fraction of sp³-hybridized carbons (Fsp3) is 0.353. The van der Waals surface area contributed by atoms with Gasteiger partial charge in [-0.15, -0.1) is 0 Å². The fourth-order valence-corrected chi connectivity index (χ4v) is 2.41. The third-order valence-electron chi connectivity index (χ3n) is 4.11. The summed E-state index contributed by atoms with van der Waals surface area (Å²) in [5.41, 5.74) is 0.407. The number of nitrogens with one attached hydrogen (secondary N) is 2. The first-order chi connectivity index (χ1) is 11.7. The summed E-state index contributed by atoms with van der Waals surface area (Å²) in [6, 6.07) is 4.42. The molecule has 1 amide bonds. The van der Waals surface area contributed by atoms with Crippen LogP contribution >= 0.6 is 0 Å². The molecule has 2 fully saturated rings. The van der Waals surface area contributed by atoms with Crippen LogP contribution in [0.4, 0.5) is 10.1 Å². The maximum atomic E-state index is 14.1. The molecule has 6 nitrogen and oxygen atoms in total. The van der Waals surface area contributed by atoms with E-state index in [0.29, 0.717) is 17.2 Å². The molecule has 1 aliphatic carbocycles. The largest absolute Gasteiger partial charge is 0.488 e. The number of halogens is 1. The van der Waals surface area contributed by atoms with Crippen molar-refractivity contribution >= 4 is 11.6 Å². The molecule has 2 aromatic rings. The number of ether oxygens (including phenoxy) is 1. The molecular formula is C17H17FN4O2. The maximum absolute atomic E-state index is 14.1. The molecule has 2 heterocycles. The van der Waals surface area contributed by atoms with E-state index in [0.717, 1.165) is 31.8 Å². The van der Waals surface area contributed by atoms with Gasteiger partial charge in [0, 0.05) is 37.5 Å². The van der Waals surface area contributed by atoms with E-state index in [-0.39, 0.29) is 11.8 Å². The molecule has 1 aliphatic heterocycles. The number of anilines is 1. The van der Waals surface area contributed by atoms with Crippen molar-refractivity contribution in [2.45, 2.75) is 24.9 Å². The van der Waals surface area contributed by atoms with Gasteiger partial charge < -0.3 is 15.4 Å². The Labute approximate surface area is 138 Å². The van der Waals surface area contributed by atoms with Crippen LogP contribution in [0.1, 0.15) is 34.9 Å². The minimum atomic E-state index is -0.538. The highest BCUT2D eigenvalue weighted by molar-refractivity contribution is 6.03. The van der Waals surface area contributed by atoms with Crippen LogP contribution in [0.3, 0.4) is 0 Å². The van der Waals surface area contributed by atoms with Crippen molar-refractivity contribution in [3.8, 4) is 5.75 Å². The van der Waals surface area contributed by atoms with Gasteiger partial charge in [-0.05, 0) is 25.0 Å². The van der Waals surface area contributed by atoms with Gasteiger partial charge in [0.1, 0.15) is 23.5 Å². The fourth-order valence-electron chi connectivity index (χ4n) is 2.41. The van der Waals surface area contributed by atoms with E-state index < -0.39 is 11.7 Å². The minimum Gasteiger partial charge on any atom is -0.488 e. The topological polar surface area (TPSA) is 76.1 Å². The molecule has 1 aromatic heterocycles. The number of carbonyl (C=O) groups is 1. The molecule has 0 atom stereocenters. The number of nitrogens with zero attached hydrogens (tertiary/aromatic N) is 2. The molecule has 1 saturated heterocycles. The number of amides is 1. The second-order valence-electron chi connectivity index (χ2n) is 6.10. The second kappa shape index (κ2) is 6.16. The first-order valence-electron chi connectivity index (χ1n) is 7.99. The monoisotopic (exact) mass is 328 g/mol. The van der Waals surface area contributed by atoms with Crippen molar-refractivity contribution in [1.82, 2.24) is 15.3 Å². The summed E-state index contributed by atoms with van der Waals surface area (Å²) < 4.78 is 19.7. The molecular weight excluding hydrogens is 311 g/mol. The van der Waals surface area contributed by atoms with Gasteiger partial charge in [0.15, 0.2) is 0 Å². The summed E-state index contributed by atoms with van der Waals surface area (Å²) in [4.78, 5) is 20.6. The second-order valence-corrected chi connectivity index (χ2v) is 6.10. The number of carbonyl (C=O) groups excluding carboxylic acids is 1. The van der Waals surface area contributed by atoms with Crippen molar-refractivity contribution in [2.75, 3.05) is 18.4 Å². The average Bonchev–Trinajstić information content (AvgIpc) is 3.38. The Morgan fingerprint density at radius 3 is 2.58 bits per heavy atom. The highest BCUT2D eigenvalue weighted by Gasteiger charge is 2.26. The molecule has 4 rings (SSSR count). The Hall–Kier alpha value is -2.54. The molecule has 0 radical (unpaired) electrons. The lowest BCUT2D eigenvalue weighted by atomic mass is 10.2. The predicted octanol–water partition coefficient (Wildman–Crippen LogP) is 2.10. The molecule has 24 heavy (non-hydrogen) atoms. The summed E-state index contributed by atoms with van der Waals surface area (Å²) in [7, 11) is 0. The zero-order valence-corrected chi connectivity index (χ0v) is 13.0. The lowest BCUT2D eigenvalue weighted by molar-refractivity contribution is 0.102. The molecule has 2 N–H and O–H groups in total. The van der Waals surface area contributed by atoms with Crippen LogP contribution in [0, 0.1) is 5.82 Å². The van der Waals surface area contributed by atoms with Gasteiger partial charge in [0.05, 0.1) is 11.3 Å². The van der Waals surface area contributed by atoms with E-state index >= 15 is 0 Å². The van der Waals surface area contributed by atoms with Crippen LogP contribution in [0.15, 0.2) is 30.6 Å². The molecule has 1 saturated carbocycles. The van der Waals surface area contributed by atoms with E-state index in [9.17, 15) is 9.18 Å². The summed E-state index contributed by atoms with van der Waals surface area (Å²) in [6.07, 6.45) is 5.24. The molecule has 2 aliphatic rings. The Bertz CT molecular complexity index is 758. The standard InChI is InChI=1S/C17H17FN4O2/c18-14-5-12(24-13-8-19-9-13)3-4-15(14)22-17(23)11-6-20-16(21-7-11)10-1-2-10/h3-7,10,13,19H,1-2,8-9H2,(H,22,23). The Morgan fingerprint density at radius 1 is 1.25 bits per heavy atom. The van der Waals surface area contributed by atoms with Gasteiger partial charge >= 0.3 is 0 Å². The molecule has 0 bridgehead atoms. The molecule has 124 valence electrons.